The number of halogens is 7. The number of carbonyl (C=O) groups is 1. The lowest BCUT2D eigenvalue weighted by molar-refractivity contribution is -0.0886. The Hall–Kier alpha value is -2.59. The lowest BCUT2D eigenvalue weighted by Crippen LogP contribution is -2.30. The van der Waals surface area contributed by atoms with Crippen molar-refractivity contribution in [3.8, 4) is 5.69 Å². The standard InChI is InChI=1S/C12H5F7N2O2/c1-3-6(10(22)12(17,18)19)11(23)21(20-3)9-7(15)4(13)2-5(14)8(9)16/h2,20H,1H3. The third-order valence-electron chi connectivity index (χ3n) is 2.87. The number of rotatable bonds is 2. The van der Waals surface area contributed by atoms with Gasteiger partial charge >= 0.3 is 6.18 Å². The van der Waals surface area contributed by atoms with Crippen molar-refractivity contribution in [2.24, 2.45) is 0 Å². The second-order valence-corrected chi connectivity index (χ2v) is 4.40. The molecule has 1 heterocycles. The maximum absolute atomic E-state index is 13.6. The molecule has 0 saturated heterocycles. The molecule has 11 heteroatoms. The molecule has 0 radical (unpaired) electrons. The van der Waals surface area contributed by atoms with Crippen molar-refractivity contribution in [3.05, 3.63) is 50.9 Å². The summed E-state index contributed by atoms with van der Waals surface area (Å²) in [5.74, 6) is -10.3. The maximum atomic E-state index is 13.6. The quantitative estimate of drug-likeness (QED) is 0.518. The predicted octanol–water partition coefficient (Wildman–Crippen LogP) is 2.78. The van der Waals surface area contributed by atoms with Crippen molar-refractivity contribution in [2.45, 2.75) is 13.1 Å². The normalized spacial score (nSPS) is 11.8. The Morgan fingerprint density at radius 1 is 1.09 bits per heavy atom. The monoisotopic (exact) mass is 342 g/mol. The summed E-state index contributed by atoms with van der Waals surface area (Å²) in [6.07, 6.45) is -5.42. The van der Waals surface area contributed by atoms with E-state index in [1.807, 2.05) is 0 Å². The van der Waals surface area contributed by atoms with Gasteiger partial charge in [0.1, 0.15) is 11.3 Å². The van der Waals surface area contributed by atoms with Crippen LogP contribution in [0.3, 0.4) is 0 Å². The first-order chi connectivity index (χ1) is 10.5. The number of carbonyl (C=O) groups excluding carboxylic acids is 1. The summed E-state index contributed by atoms with van der Waals surface area (Å²) in [5, 5.41) is 1.79. The molecule has 23 heavy (non-hydrogen) atoms. The molecule has 4 nitrogen and oxygen atoms in total. The van der Waals surface area contributed by atoms with Crippen LogP contribution in [0.15, 0.2) is 10.9 Å². The molecule has 0 bridgehead atoms. The molecule has 0 unspecified atom stereocenters. The third kappa shape index (κ3) is 2.62. The van der Waals surface area contributed by atoms with Crippen LogP contribution in [0.5, 0.6) is 0 Å². The lowest BCUT2D eigenvalue weighted by Gasteiger charge is -2.06. The first-order valence-corrected chi connectivity index (χ1v) is 5.73. The number of nitrogens with one attached hydrogen (secondary N) is 1. The average Bonchev–Trinajstić information content (AvgIpc) is 2.70. The highest BCUT2D eigenvalue weighted by Crippen LogP contribution is 2.24. The van der Waals surface area contributed by atoms with E-state index in [9.17, 15) is 40.3 Å². The van der Waals surface area contributed by atoms with Crippen molar-refractivity contribution in [1.29, 1.82) is 0 Å². The summed E-state index contributed by atoms with van der Waals surface area (Å²) in [4.78, 5) is 23.0. The van der Waals surface area contributed by atoms with Crippen LogP contribution in [0.1, 0.15) is 16.1 Å². The van der Waals surface area contributed by atoms with E-state index >= 15 is 0 Å². The van der Waals surface area contributed by atoms with Gasteiger partial charge in [-0.3, -0.25) is 14.7 Å². The molecule has 0 atom stereocenters. The Morgan fingerprint density at radius 3 is 2.00 bits per heavy atom. The highest BCUT2D eigenvalue weighted by Gasteiger charge is 2.43. The molecule has 1 N–H and O–H groups in total. The molecule has 0 aliphatic heterocycles. The second-order valence-electron chi connectivity index (χ2n) is 4.40. The van der Waals surface area contributed by atoms with Crippen LogP contribution in [0, 0.1) is 30.2 Å². The van der Waals surface area contributed by atoms with Gasteiger partial charge in [-0.1, -0.05) is 0 Å². The van der Waals surface area contributed by atoms with Gasteiger partial charge in [0.25, 0.3) is 11.3 Å². The van der Waals surface area contributed by atoms with Gasteiger partial charge in [-0.15, -0.1) is 0 Å². The first-order valence-electron chi connectivity index (χ1n) is 5.73. The minimum absolute atomic E-state index is 0.142. The van der Waals surface area contributed by atoms with Crippen molar-refractivity contribution < 1.29 is 35.5 Å². The summed E-state index contributed by atoms with van der Waals surface area (Å²) in [7, 11) is 0. The molecule has 1 aromatic carbocycles. The molecule has 0 saturated carbocycles. The molecule has 0 spiro atoms. The van der Waals surface area contributed by atoms with Gasteiger partial charge in [0.05, 0.1) is 0 Å². The van der Waals surface area contributed by atoms with Crippen molar-refractivity contribution in [1.82, 2.24) is 9.78 Å². The topological polar surface area (TPSA) is 54.9 Å². The number of nitrogens with zero attached hydrogens (tertiary/aromatic N) is 1. The van der Waals surface area contributed by atoms with Gasteiger partial charge in [-0.2, -0.15) is 13.2 Å². The fourth-order valence-electron chi connectivity index (χ4n) is 1.87. The van der Waals surface area contributed by atoms with E-state index in [0.29, 0.717) is 0 Å². The molecule has 0 aliphatic rings. The Kier molecular flexibility index (Phi) is 3.83. The largest absolute Gasteiger partial charge is 0.455 e. The van der Waals surface area contributed by atoms with Crippen molar-refractivity contribution >= 4 is 5.78 Å². The molecule has 2 aromatic rings. The molecular weight excluding hydrogens is 337 g/mol. The minimum Gasteiger partial charge on any atom is -0.294 e. The van der Waals surface area contributed by atoms with Crippen LogP contribution in [0.4, 0.5) is 30.7 Å². The number of aryl methyl sites for hydroxylation is 1. The Labute approximate surface area is 122 Å². The predicted molar refractivity (Wildman–Crippen MR) is 61.3 cm³/mol. The minimum atomic E-state index is -5.42. The van der Waals surface area contributed by atoms with Crippen LogP contribution in [-0.2, 0) is 0 Å². The van der Waals surface area contributed by atoms with E-state index in [-0.39, 0.29) is 10.7 Å². The SMILES string of the molecule is Cc1[nH]n(-c2c(F)c(F)cc(F)c2F)c(=O)c1C(=O)C(F)(F)F. The first kappa shape index (κ1) is 16.8. The lowest BCUT2D eigenvalue weighted by atomic mass is 10.1. The van der Waals surface area contributed by atoms with Gasteiger partial charge in [0.2, 0.25) is 0 Å². The molecular formula is C12H5F7N2O2. The van der Waals surface area contributed by atoms with E-state index in [4.69, 9.17) is 0 Å². The van der Waals surface area contributed by atoms with E-state index in [1.54, 1.807) is 5.10 Å². The molecule has 124 valence electrons. The van der Waals surface area contributed by atoms with Crippen LogP contribution >= 0.6 is 0 Å². The molecule has 1 aromatic heterocycles. The number of H-pyrrole nitrogens is 1. The van der Waals surface area contributed by atoms with Crippen LogP contribution in [0.25, 0.3) is 5.69 Å². The fourth-order valence-corrected chi connectivity index (χ4v) is 1.87. The van der Waals surface area contributed by atoms with Gasteiger partial charge in [-0.25, -0.2) is 22.2 Å². The summed E-state index contributed by atoms with van der Waals surface area (Å²) in [5.41, 5.74) is -5.52. The van der Waals surface area contributed by atoms with Crippen LogP contribution in [0.2, 0.25) is 0 Å². The summed E-state index contributed by atoms with van der Waals surface area (Å²) in [6, 6.07) is -0.142. The van der Waals surface area contributed by atoms with Gasteiger partial charge in [-0.05, 0) is 6.92 Å². The number of hydrogen-bond acceptors (Lipinski definition) is 2. The van der Waals surface area contributed by atoms with E-state index in [2.05, 4.69) is 0 Å². The molecule has 0 amide bonds. The number of ketones is 1. The highest BCUT2D eigenvalue weighted by molar-refractivity contribution is 6.00. The number of hydrogen-bond donors (Lipinski definition) is 1. The van der Waals surface area contributed by atoms with Crippen molar-refractivity contribution in [3.63, 3.8) is 0 Å². The molecule has 0 fully saturated rings. The van der Waals surface area contributed by atoms with Gasteiger partial charge < -0.3 is 0 Å². The number of aromatic amines is 1. The van der Waals surface area contributed by atoms with Crippen LogP contribution in [-0.4, -0.2) is 21.7 Å². The summed E-state index contributed by atoms with van der Waals surface area (Å²) < 4.78 is 90.5. The van der Waals surface area contributed by atoms with Gasteiger partial charge in [0.15, 0.2) is 23.3 Å². The second kappa shape index (κ2) is 5.25. The third-order valence-corrected chi connectivity index (χ3v) is 2.87. The Morgan fingerprint density at radius 2 is 1.57 bits per heavy atom. The molecule has 2 rings (SSSR count). The van der Waals surface area contributed by atoms with E-state index in [1.165, 1.54) is 0 Å². The van der Waals surface area contributed by atoms with Gasteiger partial charge in [0, 0.05) is 11.8 Å². The number of alkyl halides is 3. The highest BCUT2D eigenvalue weighted by atomic mass is 19.4. The van der Waals surface area contributed by atoms with E-state index < -0.39 is 57.7 Å². The fraction of sp³-hybridized carbons (Fsp3) is 0.167. The average molecular weight is 342 g/mol. The maximum Gasteiger partial charge on any atom is 0.455 e. The smallest absolute Gasteiger partial charge is 0.294 e. The summed E-state index contributed by atoms with van der Waals surface area (Å²) in [6.45, 7) is 0.850. The number of benzene rings is 1. The Balaban J connectivity index is 2.80. The van der Waals surface area contributed by atoms with E-state index in [0.717, 1.165) is 6.92 Å². The zero-order valence-electron chi connectivity index (χ0n) is 11.0. The molecule has 0 aliphatic carbocycles. The zero-order valence-corrected chi connectivity index (χ0v) is 11.0. The number of aromatic nitrogens is 2. The zero-order chi connectivity index (χ0) is 17.7. The Bertz CT molecular complexity index is 838. The number of Topliss-reactive ketones (excluding diaryl/α,β-unsaturated/α-hetero) is 1. The van der Waals surface area contributed by atoms with Crippen LogP contribution < -0.4 is 5.56 Å². The van der Waals surface area contributed by atoms with Crippen molar-refractivity contribution in [2.75, 3.05) is 0 Å². The summed E-state index contributed by atoms with van der Waals surface area (Å²) >= 11 is 0.